The number of nitrogens with two attached hydrogens (primary N) is 1. The number of halogens is 1. The fourth-order valence-corrected chi connectivity index (χ4v) is 1.89. The largest absolute Gasteiger partial charge is 0.321 e. The van der Waals surface area contributed by atoms with E-state index >= 15 is 0 Å². The molecule has 0 bridgehead atoms. The minimum Gasteiger partial charge on any atom is -0.321 e. The van der Waals surface area contributed by atoms with Crippen LogP contribution in [0.4, 0.5) is 0 Å². The van der Waals surface area contributed by atoms with E-state index in [9.17, 15) is 0 Å². The van der Waals surface area contributed by atoms with E-state index < -0.39 is 0 Å². The lowest BCUT2D eigenvalue weighted by atomic mass is 10.1. The van der Waals surface area contributed by atoms with Crippen LogP contribution in [0.1, 0.15) is 24.6 Å². The van der Waals surface area contributed by atoms with E-state index in [1.54, 1.807) is 6.20 Å². The Morgan fingerprint density at radius 2 is 2.43 bits per heavy atom. The predicted octanol–water partition coefficient (Wildman–Crippen LogP) is 0.882. The molecule has 2 heterocycles. The second-order valence-electron chi connectivity index (χ2n) is 3.50. The van der Waals surface area contributed by atoms with Crippen molar-refractivity contribution in [3.05, 3.63) is 23.2 Å². The molecule has 76 valence electrons. The molecular weight excluding hydrogens is 200 g/mol. The zero-order chi connectivity index (χ0) is 9.97. The molecule has 0 aliphatic carbocycles. The first-order valence-electron chi connectivity index (χ1n) is 4.74. The molecule has 2 rings (SSSR count). The Balaban J connectivity index is 2.13. The first-order chi connectivity index (χ1) is 6.77. The van der Waals surface area contributed by atoms with E-state index in [0.717, 1.165) is 18.7 Å². The Morgan fingerprint density at radius 3 is 3.07 bits per heavy atom. The number of aromatic nitrogens is 2. The second kappa shape index (κ2) is 4.21. The van der Waals surface area contributed by atoms with Gasteiger partial charge in [0, 0.05) is 6.04 Å². The molecular formula is C9H13ClN4. The molecule has 1 aromatic heterocycles. The van der Waals surface area contributed by atoms with Crippen LogP contribution in [-0.4, -0.2) is 22.6 Å². The summed E-state index contributed by atoms with van der Waals surface area (Å²) < 4.78 is 0. The molecule has 1 fully saturated rings. The Kier molecular flexibility index (Phi) is 2.96. The van der Waals surface area contributed by atoms with Crippen LogP contribution in [0.5, 0.6) is 0 Å². The molecule has 1 aliphatic heterocycles. The van der Waals surface area contributed by atoms with Crippen molar-refractivity contribution in [2.24, 2.45) is 5.73 Å². The first-order valence-corrected chi connectivity index (χ1v) is 5.11. The lowest BCUT2D eigenvalue weighted by Crippen LogP contribution is -2.34. The van der Waals surface area contributed by atoms with Gasteiger partial charge in [-0.05, 0) is 19.4 Å². The van der Waals surface area contributed by atoms with Crippen molar-refractivity contribution >= 4 is 11.6 Å². The van der Waals surface area contributed by atoms with E-state index in [0.29, 0.717) is 11.2 Å². The van der Waals surface area contributed by atoms with E-state index in [4.69, 9.17) is 17.3 Å². The fraction of sp³-hybridized carbons (Fsp3) is 0.556. The predicted molar refractivity (Wildman–Crippen MR) is 55.0 cm³/mol. The van der Waals surface area contributed by atoms with Crippen LogP contribution in [0.15, 0.2) is 12.4 Å². The van der Waals surface area contributed by atoms with Crippen molar-refractivity contribution < 1.29 is 0 Å². The van der Waals surface area contributed by atoms with Crippen molar-refractivity contribution in [2.75, 3.05) is 6.54 Å². The summed E-state index contributed by atoms with van der Waals surface area (Å²) in [5, 5.41) is 3.74. The summed E-state index contributed by atoms with van der Waals surface area (Å²) in [6, 6.07) is 0.200. The highest BCUT2D eigenvalue weighted by Crippen LogP contribution is 2.19. The smallest absolute Gasteiger partial charge is 0.147 e. The van der Waals surface area contributed by atoms with Crippen molar-refractivity contribution in [1.29, 1.82) is 0 Å². The standard InChI is InChI=1S/C9H13ClN4/c10-8-5-12-4-7(14-8)9(11)6-2-1-3-13-6/h4-6,9,13H,1-3,11H2. The molecule has 1 saturated heterocycles. The van der Waals surface area contributed by atoms with Crippen LogP contribution in [0, 0.1) is 0 Å². The molecule has 1 aromatic rings. The van der Waals surface area contributed by atoms with Crippen molar-refractivity contribution in [2.45, 2.75) is 24.9 Å². The molecule has 0 radical (unpaired) electrons. The number of nitrogens with zero attached hydrogens (tertiary/aromatic N) is 2. The Labute approximate surface area is 87.9 Å². The molecule has 0 spiro atoms. The zero-order valence-electron chi connectivity index (χ0n) is 7.78. The van der Waals surface area contributed by atoms with E-state index in [2.05, 4.69) is 15.3 Å². The fourth-order valence-electron chi connectivity index (χ4n) is 1.74. The summed E-state index contributed by atoms with van der Waals surface area (Å²) in [5.74, 6) is 0. The van der Waals surface area contributed by atoms with E-state index in [1.807, 2.05) is 0 Å². The Morgan fingerprint density at radius 1 is 1.57 bits per heavy atom. The highest BCUT2D eigenvalue weighted by atomic mass is 35.5. The van der Waals surface area contributed by atoms with Gasteiger partial charge in [0.1, 0.15) is 5.15 Å². The van der Waals surface area contributed by atoms with Gasteiger partial charge < -0.3 is 11.1 Å². The summed E-state index contributed by atoms with van der Waals surface area (Å²) in [6.07, 6.45) is 5.46. The maximum atomic E-state index is 6.05. The summed E-state index contributed by atoms with van der Waals surface area (Å²) in [7, 11) is 0. The van der Waals surface area contributed by atoms with Crippen molar-refractivity contribution in [3.63, 3.8) is 0 Å². The van der Waals surface area contributed by atoms with Gasteiger partial charge in [0.2, 0.25) is 0 Å². The summed E-state index contributed by atoms with van der Waals surface area (Å²) in [6.45, 7) is 1.03. The Bertz CT molecular complexity index is 311. The van der Waals surface area contributed by atoms with Crippen LogP contribution < -0.4 is 11.1 Å². The van der Waals surface area contributed by atoms with Gasteiger partial charge >= 0.3 is 0 Å². The van der Waals surface area contributed by atoms with Gasteiger partial charge in [-0.15, -0.1) is 0 Å². The molecule has 3 N–H and O–H groups in total. The summed E-state index contributed by atoms with van der Waals surface area (Å²) in [5.41, 5.74) is 6.81. The molecule has 14 heavy (non-hydrogen) atoms. The maximum Gasteiger partial charge on any atom is 0.147 e. The van der Waals surface area contributed by atoms with Crippen molar-refractivity contribution in [3.8, 4) is 0 Å². The van der Waals surface area contributed by atoms with Gasteiger partial charge in [-0.1, -0.05) is 11.6 Å². The number of hydrogen-bond donors (Lipinski definition) is 2. The van der Waals surface area contributed by atoms with Crippen LogP contribution in [-0.2, 0) is 0 Å². The first kappa shape index (κ1) is 9.83. The molecule has 1 aliphatic rings. The van der Waals surface area contributed by atoms with Crippen LogP contribution in [0.2, 0.25) is 5.15 Å². The molecule has 0 saturated carbocycles. The average Bonchev–Trinajstić information content (AvgIpc) is 2.69. The normalized spacial score (nSPS) is 23.7. The van der Waals surface area contributed by atoms with Crippen LogP contribution in [0.3, 0.4) is 0 Å². The highest BCUT2D eigenvalue weighted by molar-refractivity contribution is 6.29. The quantitative estimate of drug-likeness (QED) is 0.764. The summed E-state index contributed by atoms with van der Waals surface area (Å²) in [4.78, 5) is 8.13. The third kappa shape index (κ3) is 2.03. The van der Waals surface area contributed by atoms with Gasteiger partial charge in [0.05, 0.1) is 24.1 Å². The minimum absolute atomic E-state index is 0.108. The molecule has 2 atom stereocenters. The Hall–Kier alpha value is -0.710. The van der Waals surface area contributed by atoms with Crippen LogP contribution in [0.25, 0.3) is 0 Å². The topological polar surface area (TPSA) is 63.8 Å². The molecule has 0 aromatic carbocycles. The van der Waals surface area contributed by atoms with E-state index in [1.165, 1.54) is 12.6 Å². The van der Waals surface area contributed by atoms with Gasteiger partial charge in [0.15, 0.2) is 0 Å². The molecule has 2 unspecified atom stereocenters. The van der Waals surface area contributed by atoms with Crippen LogP contribution >= 0.6 is 11.6 Å². The third-order valence-corrected chi connectivity index (χ3v) is 2.68. The lowest BCUT2D eigenvalue weighted by molar-refractivity contribution is 0.490. The number of rotatable bonds is 2. The summed E-state index contributed by atoms with van der Waals surface area (Å²) >= 11 is 5.75. The molecule has 4 nitrogen and oxygen atoms in total. The second-order valence-corrected chi connectivity index (χ2v) is 3.88. The lowest BCUT2D eigenvalue weighted by Gasteiger charge is -2.18. The monoisotopic (exact) mass is 212 g/mol. The van der Waals surface area contributed by atoms with Gasteiger partial charge in [0.25, 0.3) is 0 Å². The number of hydrogen-bond acceptors (Lipinski definition) is 4. The maximum absolute atomic E-state index is 6.05. The van der Waals surface area contributed by atoms with Crippen molar-refractivity contribution in [1.82, 2.24) is 15.3 Å². The zero-order valence-corrected chi connectivity index (χ0v) is 8.54. The highest BCUT2D eigenvalue weighted by Gasteiger charge is 2.23. The number of nitrogens with one attached hydrogen (secondary N) is 1. The average molecular weight is 213 g/mol. The van der Waals surface area contributed by atoms with E-state index in [-0.39, 0.29) is 6.04 Å². The molecule has 5 heteroatoms. The minimum atomic E-state index is -0.108. The van der Waals surface area contributed by atoms with Gasteiger partial charge in [-0.25, -0.2) is 4.98 Å². The van der Waals surface area contributed by atoms with Gasteiger partial charge in [-0.3, -0.25) is 4.98 Å². The third-order valence-electron chi connectivity index (χ3n) is 2.50. The molecule has 0 amide bonds. The van der Waals surface area contributed by atoms with Gasteiger partial charge in [-0.2, -0.15) is 0 Å². The SMILES string of the molecule is NC(c1cncc(Cl)n1)C1CCCN1.